The minimum atomic E-state index is -0.759. The Morgan fingerprint density at radius 3 is 2.76 bits per heavy atom. The van der Waals surface area contributed by atoms with E-state index >= 15 is 0 Å². The lowest BCUT2D eigenvalue weighted by Crippen LogP contribution is -2.46. The molecule has 1 spiro atoms. The van der Waals surface area contributed by atoms with Crippen LogP contribution in [0.25, 0.3) is 0 Å². The van der Waals surface area contributed by atoms with Gasteiger partial charge in [0.15, 0.2) is 0 Å². The fourth-order valence-corrected chi connectivity index (χ4v) is 4.39. The highest BCUT2D eigenvalue weighted by atomic mass is 16.2. The van der Waals surface area contributed by atoms with Crippen LogP contribution in [-0.2, 0) is 16.6 Å². The van der Waals surface area contributed by atoms with Crippen molar-refractivity contribution < 1.29 is 14.4 Å². The summed E-state index contributed by atoms with van der Waals surface area (Å²) in [5.74, 6) is -0.412. The smallest absolute Gasteiger partial charge is 0.325 e. The summed E-state index contributed by atoms with van der Waals surface area (Å²) < 4.78 is 1.72. The van der Waals surface area contributed by atoms with Crippen molar-refractivity contribution in [2.24, 2.45) is 7.05 Å². The standard InChI is InChI=1S/C17H23N5O3/c1-20-10-12(9-18-20)13-5-4-8-21(13)14(23)11-22-15(24)17(19-16(22)25)6-2-3-7-17/h9-10,13H,2-8,11H2,1H3,(H,19,25)/t13-/m0/s1. The van der Waals surface area contributed by atoms with Crippen molar-refractivity contribution >= 4 is 17.8 Å². The van der Waals surface area contributed by atoms with Gasteiger partial charge in [0.2, 0.25) is 5.91 Å². The zero-order valence-electron chi connectivity index (χ0n) is 14.4. The number of aryl methyl sites for hydroxylation is 1. The van der Waals surface area contributed by atoms with Gasteiger partial charge in [-0.05, 0) is 25.7 Å². The van der Waals surface area contributed by atoms with E-state index in [4.69, 9.17) is 0 Å². The number of nitrogens with one attached hydrogen (secondary N) is 1. The van der Waals surface area contributed by atoms with Gasteiger partial charge >= 0.3 is 6.03 Å². The van der Waals surface area contributed by atoms with Crippen LogP contribution in [-0.4, -0.2) is 56.1 Å². The van der Waals surface area contributed by atoms with Gasteiger partial charge in [-0.2, -0.15) is 5.10 Å². The summed E-state index contributed by atoms with van der Waals surface area (Å²) in [5.41, 5.74) is 0.239. The molecule has 0 bridgehead atoms. The molecular weight excluding hydrogens is 322 g/mol. The number of hydrogen-bond donors (Lipinski definition) is 1. The second kappa shape index (κ2) is 5.86. The number of amides is 4. The highest BCUT2D eigenvalue weighted by Crippen LogP contribution is 2.36. The van der Waals surface area contributed by atoms with Crippen LogP contribution in [0.1, 0.15) is 50.1 Å². The van der Waals surface area contributed by atoms with Gasteiger partial charge in [-0.3, -0.25) is 19.2 Å². The Morgan fingerprint density at radius 1 is 1.32 bits per heavy atom. The predicted molar refractivity (Wildman–Crippen MR) is 88.3 cm³/mol. The highest BCUT2D eigenvalue weighted by Gasteiger charge is 2.53. The summed E-state index contributed by atoms with van der Waals surface area (Å²) in [7, 11) is 1.85. The predicted octanol–water partition coefficient (Wildman–Crippen LogP) is 0.948. The van der Waals surface area contributed by atoms with Gasteiger partial charge < -0.3 is 10.2 Å². The number of imide groups is 1. The third-order valence-corrected chi connectivity index (χ3v) is 5.68. The van der Waals surface area contributed by atoms with E-state index in [1.54, 1.807) is 15.8 Å². The average Bonchev–Trinajstić information content (AvgIpc) is 3.33. The molecule has 4 rings (SSSR count). The van der Waals surface area contributed by atoms with E-state index in [1.165, 1.54) is 0 Å². The molecule has 0 aromatic carbocycles. The fraction of sp³-hybridized carbons (Fsp3) is 0.647. The third kappa shape index (κ3) is 2.60. The van der Waals surface area contributed by atoms with Crippen molar-refractivity contribution in [3.8, 4) is 0 Å². The molecule has 1 aromatic heterocycles. The number of likely N-dealkylation sites (tertiary alicyclic amines) is 1. The molecule has 4 amide bonds. The Labute approximate surface area is 146 Å². The van der Waals surface area contributed by atoms with Gasteiger partial charge in [0.05, 0.1) is 12.2 Å². The topological polar surface area (TPSA) is 87.5 Å². The normalized spacial score (nSPS) is 25.2. The molecule has 0 radical (unpaired) electrons. The quantitative estimate of drug-likeness (QED) is 0.826. The molecule has 1 N–H and O–H groups in total. The first-order chi connectivity index (χ1) is 12.0. The Balaban J connectivity index is 1.48. The van der Waals surface area contributed by atoms with Gasteiger partial charge in [-0.1, -0.05) is 12.8 Å². The van der Waals surface area contributed by atoms with Gasteiger partial charge in [0, 0.05) is 25.4 Å². The number of hydrogen-bond acceptors (Lipinski definition) is 4. The van der Waals surface area contributed by atoms with E-state index in [-0.39, 0.29) is 24.4 Å². The minimum absolute atomic E-state index is 0.0255. The van der Waals surface area contributed by atoms with Crippen LogP contribution < -0.4 is 5.32 Å². The average molecular weight is 345 g/mol. The number of carbonyl (C=O) groups is 3. The number of nitrogens with zero attached hydrogens (tertiary/aromatic N) is 4. The van der Waals surface area contributed by atoms with Crippen LogP contribution in [0.5, 0.6) is 0 Å². The van der Waals surface area contributed by atoms with Crippen molar-refractivity contribution in [3.05, 3.63) is 18.0 Å². The molecule has 3 aliphatic rings. The Hall–Kier alpha value is -2.38. The SMILES string of the molecule is Cn1cc([C@@H]2CCCN2C(=O)CN2C(=O)NC3(CCCC3)C2=O)cn1. The van der Waals surface area contributed by atoms with Gasteiger partial charge in [-0.25, -0.2) is 4.79 Å². The Bertz CT molecular complexity index is 722. The van der Waals surface area contributed by atoms with Gasteiger partial charge in [0.25, 0.3) is 5.91 Å². The lowest BCUT2D eigenvalue weighted by molar-refractivity contribution is -0.139. The van der Waals surface area contributed by atoms with Crippen LogP contribution >= 0.6 is 0 Å². The monoisotopic (exact) mass is 345 g/mol. The molecule has 2 saturated heterocycles. The molecule has 8 nitrogen and oxygen atoms in total. The van der Waals surface area contributed by atoms with Crippen molar-refractivity contribution in [3.63, 3.8) is 0 Å². The lowest BCUT2D eigenvalue weighted by Gasteiger charge is -2.26. The Morgan fingerprint density at radius 2 is 2.08 bits per heavy atom. The summed E-state index contributed by atoms with van der Waals surface area (Å²) >= 11 is 0. The molecule has 3 fully saturated rings. The van der Waals surface area contributed by atoms with Crippen LogP contribution in [0.4, 0.5) is 4.79 Å². The van der Waals surface area contributed by atoms with E-state index < -0.39 is 11.6 Å². The summed E-state index contributed by atoms with van der Waals surface area (Å²) in [6, 6.07) is -0.459. The zero-order valence-corrected chi connectivity index (χ0v) is 14.4. The molecular formula is C17H23N5O3. The van der Waals surface area contributed by atoms with Crippen LogP contribution in [0.3, 0.4) is 0 Å². The summed E-state index contributed by atoms with van der Waals surface area (Å²) in [6.45, 7) is 0.469. The molecule has 3 heterocycles. The maximum Gasteiger partial charge on any atom is 0.325 e. The minimum Gasteiger partial charge on any atom is -0.334 e. The number of rotatable bonds is 3. The van der Waals surface area contributed by atoms with Crippen LogP contribution in [0.15, 0.2) is 12.4 Å². The second-order valence-electron chi connectivity index (χ2n) is 7.30. The molecule has 134 valence electrons. The number of aromatic nitrogens is 2. The number of urea groups is 1. The molecule has 1 aliphatic carbocycles. The fourth-order valence-electron chi connectivity index (χ4n) is 4.39. The van der Waals surface area contributed by atoms with E-state index in [0.29, 0.717) is 19.4 Å². The van der Waals surface area contributed by atoms with Crippen molar-refractivity contribution in [1.82, 2.24) is 24.9 Å². The molecule has 2 aliphatic heterocycles. The first-order valence-electron chi connectivity index (χ1n) is 8.92. The molecule has 8 heteroatoms. The molecule has 25 heavy (non-hydrogen) atoms. The first-order valence-corrected chi connectivity index (χ1v) is 8.92. The third-order valence-electron chi connectivity index (χ3n) is 5.68. The van der Waals surface area contributed by atoms with E-state index in [9.17, 15) is 14.4 Å². The second-order valence-corrected chi connectivity index (χ2v) is 7.30. The van der Waals surface area contributed by atoms with Crippen molar-refractivity contribution in [2.45, 2.75) is 50.1 Å². The zero-order chi connectivity index (χ0) is 17.6. The highest BCUT2D eigenvalue weighted by molar-refractivity contribution is 6.09. The summed E-state index contributed by atoms with van der Waals surface area (Å²) in [5, 5.41) is 7.01. The van der Waals surface area contributed by atoms with Gasteiger partial charge in [0.1, 0.15) is 12.1 Å². The van der Waals surface area contributed by atoms with Crippen LogP contribution in [0.2, 0.25) is 0 Å². The van der Waals surface area contributed by atoms with E-state index in [1.807, 2.05) is 13.2 Å². The first kappa shape index (κ1) is 16.1. The number of carbonyl (C=O) groups excluding carboxylic acids is 3. The van der Waals surface area contributed by atoms with Crippen molar-refractivity contribution in [2.75, 3.05) is 13.1 Å². The Kier molecular flexibility index (Phi) is 3.77. The largest absolute Gasteiger partial charge is 0.334 e. The summed E-state index contributed by atoms with van der Waals surface area (Å²) in [4.78, 5) is 40.7. The van der Waals surface area contributed by atoms with Crippen LogP contribution in [0, 0.1) is 0 Å². The molecule has 0 unspecified atom stereocenters. The van der Waals surface area contributed by atoms with E-state index in [0.717, 1.165) is 36.1 Å². The maximum atomic E-state index is 12.8. The molecule has 1 aromatic rings. The maximum absolute atomic E-state index is 12.8. The lowest BCUT2D eigenvalue weighted by atomic mass is 9.98. The molecule has 1 atom stereocenters. The van der Waals surface area contributed by atoms with E-state index in [2.05, 4.69) is 10.4 Å². The van der Waals surface area contributed by atoms with Crippen molar-refractivity contribution in [1.29, 1.82) is 0 Å². The van der Waals surface area contributed by atoms with Gasteiger partial charge in [-0.15, -0.1) is 0 Å². The molecule has 1 saturated carbocycles. The summed E-state index contributed by atoms with van der Waals surface area (Å²) in [6.07, 6.45) is 8.69.